The van der Waals surface area contributed by atoms with Crippen molar-refractivity contribution in [2.75, 3.05) is 13.7 Å². The van der Waals surface area contributed by atoms with Crippen LogP contribution in [0.25, 0.3) is 0 Å². The van der Waals surface area contributed by atoms with Gasteiger partial charge in [-0.25, -0.2) is 9.59 Å². The minimum Gasteiger partial charge on any atom is -0.497 e. The molecular formula is C24H35NO8. The van der Waals surface area contributed by atoms with Gasteiger partial charge in [-0.1, -0.05) is 12.1 Å². The summed E-state index contributed by atoms with van der Waals surface area (Å²) >= 11 is 0. The van der Waals surface area contributed by atoms with Crippen LogP contribution in [-0.2, 0) is 30.2 Å². The van der Waals surface area contributed by atoms with Crippen molar-refractivity contribution in [3.05, 3.63) is 29.8 Å². The monoisotopic (exact) mass is 465 g/mol. The van der Waals surface area contributed by atoms with Crippen LogP contribution in [0.3, 0.4) is 0 Å². The maximum atomic E-state index is 13.0. The molecular weight excluding hydrogens is 430 g/mol. The highest BCUT2D eigenvalue weighted by Crippen LogP contribution is 2.30. The van der Waals surface area contributed by atoms with Gasteiger partial charge in [-0.2, -0.15) is 0 Å². The van der Waals surface area contributed by atoms with E-state index in [0.717, 1.165) is 5.56 Å². The lowest BCUT2D eigenvalue weighted by atomic mass is 10.0. The van der Waals surface area contributed by atoms with E-state index in [4.69, 9.17) is 23.7 Å². The molecule has 0 N–H and O–H groups in total. The highest BCUT2D eigenvalue weighted by molar-refractivity contribution is 5.71. The zero-order valence-electron chi connectivity index (χ0n) is 20.7. The number of nitrogens with zero attached hydrogens (tertiary/aromatic N) is 1. The molecule has 0 bridgehead atoms. The minimum absolute atomic E-state index is 0.00702. The second kappa shape index (κ2) is 10.3. The number of carbonyl (C=O) groups is 3. The van der Waals surface area contributed by atoms with Crippen molar-refractivity contribution in [3.8, 4) is 5.75 Å². The summed E-state index contributed by atoms with van der Waals surface area (Å²) in [5, 5.41) is 0. The normalized spacial score (nSPS) is 20.7. The Balaban J connectivity index is 2.35. The van der Waals surface area contributed by atoms with Crippen molar-refractivity contribution in [2.24, 2.45) is 0 Å². The molecule has 0 saturated carbocycles. The van der Waals surface area contributed by atoms with Crippen LogP contribution < -0.4 is 4.74 Å². The molecule has 1 aromatic rings. The number of rotatable bonds is 5. The van der Waals surface area contributed by atoms with Crippen molar-refractivity contribution in [1.82, 2.24) is 4.90 Å². The van der Waals surface area contributed by atoms with E-state index in [0.29, 0.717) is 12.2 Å². The first-order valence-electron chi connectivity index (χ1n) is 10.9. The SMILES string of the molecule is COc1ccc(C[C@@H]2[C@H](OC(C)=O)[C@@H](OC(=O)OC(C)(C)C)CN2C(=O)OC(C)(C)C)cc1. The Morgan fingerprint density at radius 1 is 0.939 bits per heavy atom. The van der Waals surface area contributed by atoms with Crippen LogP contribution in [0.15, 0.2) is 24.3 Å². The average molecular weight is 466 g/mol. The second-order valence-electron chi connectivity index (χ2n) is 9.95. The van der Waals surface area contributed by atoms with Gasteiger partial charge in [0.05, 0.1) is 19.7 Å². The van der Waals surface area contributed by atoms with Crippen LogP contribution in [-0.4, -0.2) is 66.2 Å². The molecule has 0 unspecified atom stereocenters. The van der Waals surface area contributed by atoms with Gasteiger partial charge in [0.25, 0.3) is 0 Å². The van der Waals surface area contributed by atoms with Gasteiger partial charge in [0.15, 0.2) is 12.2 Å². The Morgan fingerprint density at radius 2 is 1.52 bits per heavy atom. The van der Waals surface area contributed by atoms with E-state index in [1.165, 1.54) is 11.8 Å². The summed E-state index contributed by atoms with van der Waals surface area (Å²) in [6, 6.07) is 6.71. The lowest BCUT2D eigenvalue weighted by Crippen LogP contribution is -2.45. The van der Waals surface area contributed by atoms with Crippen LogP contribution in [0, 0.1) is 0 Å². The standard InChI is InChI=1S/C24H35NO8/c1-15(26)30-20-18(13-16-9-11-17(29-8)12-10-16)25(21(27)32-23(2,3)4)14-19(20)31-22(28)33-24(5,6)7/h9-12,18-20H,13-14H2,1-8H3/t18-,19+,20+/m1/s1. The first kappa shape index (κ1) is 26.3. The second-order valence-corrected chi connectivity index (χ2v) is 9.95. The Hall–Kier alpha value is -2.97. The number of methoxy groups -OCH3 is 1. The van der Waals surface area contributed by atoms with Crippen LogP contribution in [0.1, 0.15) is 54.0 Å². The molecule has 1 amide bonds. The zero-order chi connectivity index (χ0) is 25.0. The van der Waals surface area contributed by atoms with E-state index in [2.05, 4.69) is 0 Å². The van der Waals surface area contributed by atoms with E-state index in [1.807, 2.05) is 12.1 Å². The van der Waals surface area contributed by atoms with Gasteiger partial charge in [-0.3, -0.25) is 9.69 Å². The third-order valence-corrected chi connectivity index (χ3v) is 4.69. The topological polar surface area (TPSA) is 101 Å². The molecule has 1 aliphatic heterocycles. The van der Waals surface area contributed by atoms with Crippen LogP contribution in [0.5, 0.6) is 5.75 Å². The number of ether oxygens (including phenoxy) is 5. The van der Waals surface area contributed by atoms with Crippen molar-refractivity contribution >= 4 is 18.2 Å². The molecule has 0 radical (unpaired) electrons. The third-order valence-electron chi connectivity index (χ3n) is 4.69. The molecule has 0 aromatic heterocycles. The molecule has 1 saturated heterocycles. The van der Waals surface area contributed by atoms with Gasteiger partial charge in [0.1, 0.15) is 17.0 Å². The number of benzene rings is 1. The maximum absolute atomic E-state index is 13.0. The first-order chi connectivity index (χ1) is 15.2. The summed E-state index contributed by atoms with van der Waals surface area (Å²) in [5.41, 5.74) is -0.618. The summed E-state index contributed by atoms with van der Waals surface area (Å²) in [4.78, 5) is 38.7. The summed E-state index contributed by atoms with van der Waals surface area (Å²) in [7, 11) is 1.57. The van der Waals surface area contributed by atoms with E-state index >= 15 is 0 Å². The Bertz CT molecular complexity index is 838. The van der Waals surface area contributed by atoms with E-state index < -0.39 is 47.7 Å². The molecule has 1 fully saturated rings. The Kier molecular flexibility index (Phi) is 8.21. The van der Waals surface area contributed by atoms with Crippen molar-refractivity contribution in [1.29, 1.82) is 0 Å². The molecule has 0 aliphatic carbocycles. The van der Waals surface area contributed by atoms with Gasteiger partial charge < -0.3 is 23.7 Å². The lowest BCUT2D eigenvalue weighted by molar-refractivity contribution is -0.153. The largest absolute Gasteiger partial charge is 0.509 e. The quantitative estimate of drug-likeness (QED) is 0.473. The third kappa shape index (κ3) is 8.14. The molecule has 3 atom stereocenters. The Labute approximate surface area is 195 Å². The van der Waals surface area contributed by atoms with Gasteiger partial charge in [-0.15, -0.1) is 0 Å². The summed E-state index contributed by atoms with van der Waals surface area (Å²) in [6.45, 7) is 11.7. The first-order valence-corrected chi connectivity index (χ1v) is 10.9. The van der Waals surface area contributed by atoms with E-state index in [-0.39, 0.29) is 6.54 Å². The molecule has 9 heteroatoms. The smallest absolute Gasteiger partial charge is 0.497 e. The highest BCUT2D eigenvalue weighted by atomic mass is 16.7. The molecule has 2 rings (SSSR count). The molecule has 0 spiro atoms. The number of carbonyl (C=O) groups excluding carboxylic acids is 3. The van der Waals surface area contributed by atoms with Gasteiger partial charge in [-0.05, 0) is 65.7 Å². The van der Waals surface area contributed by atoms with Crippen molar-refractivity contribution < 1.29 is 38.1 Å². The van der Waals surface area contributed by atoms with Gasteiger partial charge >= 0.3 is 18.2 Å². The number of esters is 1. The molecule has 184 valence electrons. The molecule has 9 nitrogen and oxygen atoms in total. The average Bonchev–Trinajstić information content (AvgIpc) is 2.96. The van der Waals surface area contributed by atoms with Gasteiger partial charge in [0.2, 0.25) is 0 Å². The predicted octanol–water partition coefficient (Wildman–Crippen LogP) is 4.11. The van der Waals surface area contributed by atoms with Crippen LogP contribution in [0.4, 0.5) is 9.59 Å². The minimum atomic E-state index is -0.917. The lowest BCUT2D eigenvalue weighted by Gasteiger charge is -2.30. The number of amides is 1. The van der Waals surface area contributed by atoms with Crippen LogP contribution >= 0.6 is 0 Å². The molecule has 1 aromatic carbocycles. The zero-order valence-corrected chi connectivity index (χ0v) is 20.7. The summed E-state index contributed by atoms with van der Waals surface area (Å²) in [5.74, 6) is 0.139. The van der Waals surface area contributed by atoms with Crippen molar-refractivity contribution in [3.63, 3.8) is 0 Å². The highest BCUT2D eigenvalue weighted by Gasteiger charge is 2.49. The fourth-order valence-electron chi connectivity index (χ4n) is 3.47. The van der Waals surface area contributed by atoms with E-state index in [9.17, 15) is 14.4 Å². The van der Waals surface area contributed by atoms with E-state index in [1.54, 1.807) is 60.8 Å². The fourth-order valence-corrected chi connectivity index (χ4v) is 3.47. The summed E-state index contributed by atoms with van der Waals surface area (Å²) in [6.07, 6.45) is -2.97. The number of hydrogen-bond acceptors (Lipinski definition) is 8. The molecule has 1 heterocycles. The summed E-state index contributed by atoms with van der Waals surface area (Å²) < 4.78 is 27.1. The number of hydrogen-bond donors (Lipinski definition) is 0. The fraction of sp³-hybridized carbons (Fsp3) is 0.625. The van der Waals surface area contributed by atoms with Crippen LogP contribution in [0.2, 0.25) is 0 Å². The molecule has 1 aliphatic rings. The molecule has 33 heavy (non-hydrogen) atoms. The van der Waals surface area contributed by atoms with Gasteiger partial charge in [0, 0.05) is 6.92 Å². The predicted molar refractivity (Wildman–Crippen MR) is 120 cm³/mol. The Morgan fingerprint density at radius 3 is 2.00 bits per heavy atom. The maximum Gasteiger partial charge on any atom is 0.509 e. The van der Waals surface area contributed by atoms with Crippen molar-refractivity contribution in [2.45, 2.75) is 84.3 Å². The number of likely N-dealkylation sites (tertiary alicyclic amines) is 1.